The zero-order valence-electron chi connectivity index (χ0n) is 34.6. The van der Waals surface area contributed by atoms with Gasteiger partial charge in [0.15, 0.2) is 0 Å². The van der Waals surface area contributed by atoms with Crippen LogP contribution in [-0.4, -0.2) is 22.2 Å². The van der Waals surface area contributed by atoms with Gasteiger partial charge in [-0.3, -0.25) is 10.1 Å². The number of benzene rings is 8. The van der Waals surface area contributed by atoms with Crippen molar-refractivity contribution < 1.29 is 34.3 Å². The van der Waals surface area contributed by atoms with E-state index in [0.717, 1.165) is 44.8 Å². The summed E-state index contributed by atoms with van der Waals surface area (Å²) in [7, 11) is 0. The third-order valence-corrected chi connectivity index (χ3v) is 10.9. The molecule has 8 aromatic carbocycles. The molecule has 8 rings (SSSR count). The molecule has 8 aromatic rings. The number of amides is 1. The van der Waals surface area contributed by atoms with Crippen molar-refractivity contribution in [2.75, 3.05) is 10.6 Å². The number of carboxylic acids is 1. The molecule has 0 atom stereocenters. The number of carboxylic acid groups (broad SMARTS) is 1. The molecule has 0 saturated carbocycles. The van der Waals surface area contributed by atoms with Crippen molar-refractivity contribution in [2.24, 2.45) is 0 Å². The molecular formula is C54H44N2O7. The number of rotatable bonds is 15. The van der Waals surface area contributed by atoms with Gasteiger partial charge in [0.1, 0.15) is 29.6 Å². The Morgan fingerprint density at radius 2 is 0.968 bits per heavy atom. The molecule has 0 aliphatic heterocycles. The van der Waals surface area contributed by atoms with Crippen LogP contribution in [0.15, 0.2) is 194 Å². The normalized spacial score (nSPS) is 11.1. The van der Waals surface area contributed by atoms with E-state index in [0.29, 0.717) is 34.2 Å². The first kappa shape index (κ1) is 41.7. The van der Waals surface area contributed by atoms with E-state index in [9.17, 15) is 20.0 Å². The van der Waals surface area contributed by atoms with Crippen molar-refractivity contribution in [1.82, 2.24) is 0 Å². The van der Waals surface area contributed by atoms with E-state index in [1.807, 2.05) is 140 Å². The van der Waals surface area contributed by atoms with E-state index >= 15 is 0 Å². The Balaban J connectivity index is 0.854. The fourth-order valence-electron chi connectivity index (χ4n) is 7.33. The fourth-order valence-corrected chi connectivity index (χ4v) is 7.33. The second-order valence-electron chi connectivity index (χ2n) is 15.4. The van der Waals surface area contributed by atoms with E-state index in [1.54, 1.807) is 30.3 Å². The van der Waals surface area contributed by atoms with E-state index in [1.165, 1.54) is 12.1 Å². The van der Waals surface area contributed by atoms with Gasteiger partial charge in [0, 0.05) is 28.0 Å². The molecule has 0 radical (unpaired) electrons. The summed E-state index contributed by atoms with van der Waals surface area (Å²) >= 11 is 0. The first-order chi connectivity index (χ1) is 30.6. The average molecular weight is 833 g/mol. The second-order valence-corrected chi connectivity index (χ2v) is 15.4. The van der Waals surface area contributed by atoms with Gasteiger partial charge in [0.2, 0.25) is 0 Å². The van der Waals surface area contributed by atoms with Gasteiger partial charge in [-0.1, -0.05) is 111 Å². The number of carbonyl (C=O) groups is 2. The maximum Gasteiger partial charge on any atom is 0.336 e. The average Bonchev–Trinajstić information content (AvgIpc) is 3.31. The summed E-state index contributed by atoms with van der Waals surface area (Å²) in [6, 6.07) is 60.9. The molecule has 63 heavy (non-hydrogen) atoms. The first-order valence-corrected chi connectivity index (χ1v) is 20.4. The lowest BCUT2D eigenvalue weighted by Gasteiger charge is -2.26. The predicted molar refractivity (Wildman–Crippen MR) is 247 cm³/mol. The number of carbonyl (C=O) groups excluding carboxylic acids is 1. The third-order valence-electron chi connectivity index (χ3n) is 10.9. The van der Waals surface area contributed by atoms with Gasteiger partial charge in [-0.2, -0.15) is 0 Å². The summed E-state index contributed by atoms with van der Waals surface area (Å²) in [6.07, 6.45) is 0. The van der Waals surface area contributed by atoms with Crippen LogP contribution in [0.4, 0.5) is 17.1 Å². The molecule has 0 bridgehead atoms. The smallest absolute Gasteiger partial charge is 0.336 e. The molecule has 0 aliphatic rings. The number of hydrogen-bond donors (Lipinski definition) is 4. The Morgan fingerprint density at radius 3 is 1.46 bits per heavy atom. The zero-order valence-corrected chi connectivity index (χ0v) is 34.6. The Kier molecular flexibility index (Phi) is 12.4. The maximum atomic E-state index is 13.2. The van der Waals surface area contributed by atoms with Crippen molar-refractivity contribution in [1.29, 1.82) is 0 Å². The van der Waals surface area contributed by atoms with Crippen LogP contribution in [-0.2, 0) is 16.9 Å². The molecule has 4 N–H and O–H groups in total. The predicted octanol–water partition coefficient (Wildman–Crippen LogP) is 13.6. The largest absolute Gasteiger partial charge is 0.478 e. The molecule has 0 spiro atoms. The lowest BCUT2D eigenvalue weighted by Crippen LogP contribution is -2.18. The molecular weight excluding hydrogens is 789 g/mol. The van der Waals surface area contributed by atoms with Crippen LogP contribution in [0.2, 0.25) is 0 Å². The minimum atomic E-state index is -1.18. The van der Waals surface area contributed by atoms with E-state index < -0.39 is 11.9 Å². The number of aromatic carboxylic acids is 1. The van der Waals surface area contributed by atoms with Crippen molar-refractivity contribution in [3.05, 3.63) is 222 Å². The standard InChI is InChI=1S/C54H44N2O7/c1-54(2,41-15-23-45(24-16-41)62-47-27-19-43(20-28-47)55-51-32-14-38(33-40(51)35-61-60)36-9-5-3-6-10-36)42-17-25-46(26-18-42)63-48-29-21-44(22-30-48)56-52(57)49-31-13-39(34-50(49)53(58)59)37-11-7-4-8-12-37/h3-34,55,60H,35H2,1-2H3,(H,56,57)(H,58,59). The van der Waals surface area contributed by atoms with Crippen LogP contribution in [0.3, 0.4) is 0 Å². The quantitative estimate of drug-likeness (QED) is 0.0594. The van der Waals surface area contributed by atoms with Gasteiger partial charge >= 0.3 is 5.97 Å². The fraction of sp³-hybridized carbons (Fsp3) is 0.0741. The van der Waals surface area contributed by atoms with Gasteiger partial charge in [0.05, 0.1) is 11.1 Å². The molecule has 0 fully saturated rings. The highest BCUT2D eigenvalue weighted by molar-refractivity contribution is 6.11. The highest BCUT2D eigenvalue weighted by Gasteiger charge is 2.24. The molecule has 9 heteroatoms. The van der Waals surface area contributed by atoms with Crippen LogP contribution in [0.5, 0.6) is 23.0 Å². The summed E-state index contributed by atoms with van der Waals surface area (Å²) in [4.78, 5) is 29.8. The minimum Gasteiger partial charge on any atom is -0.478 e. The van der Waals surface area contributed by atoms with Crippen LogP contribution in [0.1, 0.15) is 51.3 Å². The van der Waals surface area contributed by atoms with Crippen LogP contribution in [0, 0.1) is 0 Å². The third kappa shape index (κ3) is 9.98. The SMILES string of the molecule is CC(C)(c1ccc(Oc2ccc(NC(=O)c3ccc(-c4ccccc4)cc3C(=O)O)cc2)cc1)c1ccc(Oc2ccc(Nc3ccc(-c4ccccc4)cc3COO)cc2)cc1. The molecule has 312 valence electrons. The van der Waals surface area contributed by atoms with Gasteiger partial charge in [-0.15, -0.1) is 0 Å². The number of ether oxygens (including phenoxy) is 2. The van der Waals surface area contributed by atoms with Crippen molar-refractivity contribution in [2.45, 2.75) is 25.9 Å². The Labute approximate surface area is 365 Å². The summed E-state index contributed by atoms with van der Waals surface area (Å²) in [6.45, 7) is 4.38. The molecule has 0 heterocycles. The molecule has 9 nitrogen and oxygen atoms in total. The zero-order chi connectivity index (χ0) is 43.8. The highest BCUT2D eigenvalue weighted by atomic mass is 17.1. The summed E-state index contributed by atoms with van der Waals surface area (Å²) in [5.41, 5.74) is 8.60. The van der Waals surface area contributed by atoms with E-state index in [4.69, 9.17) is 9.47 Å². The van der Waals surface area contributed by atoms with Crippen molar-refractivity contribution in [3.63, 3.8) is 0 Å². The van der Waals surface area contributed by atoms with E-state index in [2.05, 4.69) is 41.5 Å². The van der Waals surface area contributed by atoms with Crippen molar-refractivity contribution >= 4 is 28.9 Å². The molecule has 0 saturated heterocycles. The molecule has 0 unspecified atom stereocenters. The lowest BCUT2D eigenvalue weighted by molar-refractivity contribution is -0.252. The van der Waals surface area contributed by atoms with Crippen LogP contribution >= 0.6 is 0 Å². The second kappa shape index (κ2) is 18.7. The number of hydrogen-bond acceptors (Lipinski definition) is 7. The minimum absolute atomic E-state index is 0.0475. The Hall–Kier alpha value is -7.98. The Morgan fingerprint density at radius 1 is 0.508 bits per heavy atom. The van der Waals surface area contributed by atoms with Crippen LogP contribution in [0.25, 0.3) is 22.3 Å². The first-order valence-electron chi connectivity index (χ1n) is 20.4. The summed E-state index contributed by atoms with van der Waals surface area (Å²) in [5.74, 6) is 0.943. The van der Waals surface area contributed by atoms with Crippen molar-refractivity contribution in [3.8, 4) is 45.3 Å². The highest BCUT2D eigenvalue weighted by Crippen LogP contribution is 2.36. The molecule has 1 amide bonds. The van der Waals surface area contributed by atoms with Gasteiger partial charge in [-0.25, -0.2) is 9.68 Å². The monoisotopic (exact) mass is 832 g/mol. The summed E-state index contributed by atoms with van der Waals surface area (Å²) in [5, 5.41) is 25.3. The maximum absolute atomic E-state index is 13.2. The van der Waals surface area contributed by atoms with Crippen LogP contribution < -0.4 is 20.1 Å². The van der Waals surface area contributed by atoms with Gasteiger partial charge in [-0.05, 0) is 130 Å². The lowest BCUT2D eigenvalue weighted by atomic mass is 9.78. The number of nitrogens with one attached hydrogen (secondary N) is 2. The number of anilines is 3. The van der Waals surface area contributed by atoms with Gasteiger partial charge in [0.25, 0.3) is 5.91 Å². The summed E-state index contributed by atoms with van der Waals surface area (Å²) < 4.78 is 12.3. The molecule has 0 aromatic heterocycles. The molecule has 0 aliphatic carbocycles. The Bertz CT molecular complexity index is 2830. The van der Waals surface area contributed by atoms with Gasteiger partial charge < -0.3 is 25.2 Å². The van der Waals surface area contributed by atoms with E-state index in [-0.39, 0.29) is 23.1 Å². The topological polar surface area (TPSA) is 126 Å².